The molecule has 3 aromatic rings. The van der Waals surface area contributed by atoms with Crippen molar-refractivity contribution in [2.24, 2.45) is 0 Å². The Kier molecular flexibility index (Phi) is 6.86. The van der Waals surface area contributed by atoms with E-state index in [1.807, 2.05) is 42.5 Å². The molecule has 0 unspecified atom stereocenters. The molecule has 0 aliphatic rings. The monoisotopic (exact) mass is 431 g/mol. The topological polar surface area (TPSA) is 67.8 Å². The number of halogens is 2. The number of carboxylic acid groups (broad SMARTS) is 1. The highest BCUT2D eigenvalue weighted by molar-refractivity contribution is 6.33. The van der Waals surface area contributed by atoms with Crippen LogP contribution < -0.4 is 14.8 Å². The van der Waals surface area contributed by atoms with Gasteiger partial charge in [0.2, 0.25) is 0 Å². The second-order valence-electron chi connectivity index (χ2n) is 6.18. The lowest BCUT2D eigenvalue weighted by Crippen LogP contribution is -2.06. The summed E-state index contributed by atoms with van der Waals surface area (Å²) in [6.07, 6.45) is 0. The normalized spacial score (nSPS) is 10.4. The van der Waals surface area contributed by atoms with Crippen LogP contribution in [0.15, 0.2) is 60.7 Å². The number of hydrogen-bond donors (Lipinski definition) is 2. The minimum Gasteiger partial charge on any atom is -0.493 e. The van der Waals surface area contributed by atoms with Gasteiger partial charge < -0.3 is 19.9 Å². The second kappa shape index (κ2) is 9.54. The maximum atomic E-state index is 11.3. The van der Waals surface area contributed by atoms with Crippen LogP contribution in [0.25, 0.3) is 0 Å². The van der Waals surface area contributed by atoms with Crippen molar-refractivity contribution in [3.8, 4) is 11.5 Å². The van der Waals surface area contributed by atoms with E-state index in [9.17, 15) is 9.90 Å². The lowest BCUT2D eigenvalue weighted by Gasteiger charge is -2.16. The van der Waals surface area contributed by atoms with E-state index in [0.717, 1.165) is 11.1 Å². The van der Waals surface area contributed by atoms with Crippen molar-refractivity contribution in [2.75, 3.05) is 12.4 Å². The minimum atomic E-state index is -1.08. The van der Waals surface area contributed by atoms with Crippen LogP contribution in [-0.4, -0.2) is 18.2 Å². The van der Waals surface area contributed by atoms with Gasteiger partial charge in [0.25, 0.3) is 0 Å². The molecule has 0 aromatic heterocycles. The van der Waals surface area contributed by atoms with Crippen molar-refractivity contribution in [3.05, 3.63) is 87.4 Å². The van der Waals surface area contributed by atoms with Crippen LogP contribution in [0.2, 0.25) is 10.0 Å². The van der Waals surface area contributed by atoms with E-state index in [4.69, 9.17) is 32.7 Å². The zero-order valence-corrected chi connectivity index (χ0v) is 17.1. The molecule has 2 N–H and O–H groups in total. The van der Waals surface area contributed by atoms with E-state index >= 15 is 0 Å². The molecule has 0 radical (unpaired) electrons. The second-order valence-corrected chi connectivity index (χ2v) is 7.00. The van der Waals surface area contributed by atoms with Gasteiger partial charge in [0.15, 0.2) is 11.5 Å². The summed E-state index contributed by atoms with van der Waals surface area (Å²) < 4.78 is 11.5. The number of rotatable bonds is 8. The Morgan fingerprint density at radius 2 is 1.76 bits per heavy atom. The van der Waals surface area contributed by atoms with Crippen LogP contribution in [0, 0.1) is 0 Å². The van der Waals surface area contributed by atoms with Crippen LogP contribution in [0.3, 0.4) is 0 Å². The number of para-hydroxylation sites is 1. The van der Waals surface area contributed by atoms with Crippen LogP contribution in [0.4, 0.5) is 5.69 Å². The van der Waals surface area contributed by atoms with E-state index in [1.54, 1.807) is 19.2 Å². The molecule has 7 heteroatoms. The van der Waals surface area contributed by atoms with Gasteiger partial charge in [-0.15, -0.1) is 0 Å². The molecule has 3 aromatic carbocycles. The Balaban J connectivity index is 1.80. The van der Waals surface area contributed by atoms with E-state index in [-0.39, 0.29) is 17.2 Å². The summed E-state index contributed by atoms with van der Waals surface area (Å²) in [6, 6.07) is 17.8. The zero-order chi connectivity index (χ0) is 20.8. The lowest BCUT2D eigenvalue weighted by molar-refractivity contribution is 0.0697. The Labute approximate surface area is 178 Å². The fraction of sp³-hybridized carbons (Fsp3) is 0.136. The molecular formula is C22H19Cl2NO4. The van der Waals surface area contributed by atoms with Gasteiger partial charge in [-0.25, -0.2) is 4.79 Å². The van der Waals surface area contributed by atoms with Gasteiger partial charge >= 0.3 is 5.97 Å². The molecule has 29 heavy (non-hydrogen) atoms. The number of carboxylic acids is 1. The lowest BCUT2D eigenvalue weighted by atomic mass is 10.1. The van der Waals surface area contributed by atoms with Gasteiger partial charge in [-0.3, -0.25) is 0 Å². The first-order chi connectivity index (χ1) is 14.0. The molecule has 0 saturated carbocycles. The molecular weight excluding hydrogens is 413 g/mol. The first-order valence-corrected chi connectivity index (χ1v) is 9.54. The average Bonchev–Trinajstić information content (AvgIpc) is 2.72. The van der Waals surface area contributed by atoms with E-state index in [2.05, 4.69) is 5.32 Å². The third-order valence-corrected chi connectivity index (χ3v) is 4.99. The van der Waals surface area contributed by atoms with Crippen LogP contribution in [0.5, 0.6) is 11.5 Å². The van der Waals surface area contributed by atoms with Crippen LogP contribution in [0.1, 0.15) is 21.5 Å². The molecule has 0 aliphatic heterocycles. The van der Waals surface area contributed by atoms with Crippen molar-refractivity contribution < 1.29 is 19.4 Å². The number of aromatic carboxylic acids is 1. The molecule has 0 spiro atoms. The van der Waals surface area contributed by atoms with Gasteiger partial charge in [-0.05, 0) is 30.3 Å². The van der Waals surface area contributed by atoms with Gasteiger partial charge in [0.05, 0.1) is 17.7 Å². The van der Waals surface area contributed by atoms with E-state index in [0.29, 0.717) is 28.8 Å². The molecule has 3 rings (SSSR count). The highest BCUT2D eigenvalue weighted by Crippen LogP contribution is 2.33. The molecule has 0 aliphatic carbocycles. The summed E-state index contributed by atoms with van der Waals surface area (Å²) >= 11 is 12.1. The van der Waals surface area contributed by atoms with Crippen LogP contribution >= 0.6 is 23.2 Å². The van der Waals surface area contributed by atoms with Gasteiger partial charge in [0.1, 0.15) is 6.61 Å². The SMILES string of the molecule is COc1cccc(CNc2ccc(Cl)c(C(=O)O)c2)c1OCc1ccccc1Cl. The summed E-state index contributed by atoms with van der Waals surface area (Å²) in [4.78, 5) is 11.3. The molecule has 5 nitrogen and oxygen atoms in total. The van der Waals surface area contributed by atoms with Crippen molar-refractivity contribution in [1.82, 2.24) is 0 Å². The molecule has 0 fully saturated rings. The van der Waals surface area contributed by atoms with Crippen molar-refractivity contribution >= 4 is 34.9 Å². The molecule has 150 valence electrons. The number of benzene rings is 3. The number of anilines is 1. The summed E-state index contributed by atoms with van der Waals surface area (Å²) in [7, 11) is 1.58. The van der Waals surface area contributed by atoms with Gasteiger partial charge in [0, 0.05) is 28.4 Å². The standard InChI is InChI=1S/C22H19Cl2NO4/c1-28-20-8-4-6-14(21(20)29-13-15-5-2-3-7-18(15)23)12-25-16-9-10-19(24)17(11-16)22(26)27/h2-11,25H,12-13H2,1H3,(H,26,27). The summed E-state index contributed by atoms with van der Waals surface area (Å²) in [5.41, 5.74) is 2.38. The smallest absolute Gasteiger partial charge is 0.337 e. The number of hydrogen-bond acceptors (Lipinski definition) is 4. The highest BCUT2D eigenvalue weighted by Gasteiger charge is 2.13. The van der Waals surface area contributed by atoms with Gasteiger partial charge in [-0.1, -0.05) is 53.5 Å². The molecule has 0 saturated heterocycles. The number of ether oxygens (including phenoxy) is 2. The minimum absolute atomic E-state index is 0.0394. The predicted octanol–water partition coefficient (Wildman–Crippen LogP) is 5.89. The summed E-state index contributed by atoms with van der Waals surface area (Å²) in [5, 5.41) is 13.2. The Morgan fingerprint density at radius 1 is 1.00 bits per heavy atom. The zero-order valence-electron chi connectivity index (χ0n) is 15.6. The fourth-order valence-electron chi connectivity index (χ4n) is 2.79. The van der Waals surface area contributed by atoms with E-state index in [1.165, 1.54) is 6.07 Å². The maximum absolute atomic E-state index is 11.3. The van der Waals surface area contributed by atoms with Crippen molar-refractivity contribution in [1.29, 1.82) is 0 Å². The van der Waals surface area contributed by atoms with Gasteiger partial charge in [-0.2, -0.15) is 0 Å². The molecule has 0 heterocycles. The molecule has 0 atom stereocenters. The Morgan fingerprint density at radius 3 is 2.48 bits per heavy atom. The fourth-order valence-corrected chi connectivity index (χ4v) is 3.18. The van der Waals surface area contributed by atoms with Crippen LogP contribution in [-0.2, 0) is 13.2 Å². The summed E-state index contributed by atoms with van der Waals surface area (Å²) in [6.45, 7) is 0.687. The highest BCUT2D eigenvalue weighted by atomic mass is 35.5. The van der Waals surface area contributed by atoms with Crippen molar-refractivity contribution in [2.45, 2.75) is 13.2 Å². The number of methoxy groups -OCH3 is 1. The third-order valence-electron chi connectivity index (χ3n) is 4.29. The quantitative estimate of drug-likeness (QED) is 0.465. The first-order valence-electron chi connectivity index (χ1n) is 8.78. The molecule has 0 amide bonds. The Bertz CT molecular complexity index is 1020. The van der Waals surface area contributed by atoms with E-state index < -0.39 is 5.97 Å². The van der Waals surface area contributed by atoms with Crippen molar-refractivity contribution in [3.63, 3.8) is 0 Å². The average molecular weight is 432 g/mol. The maximum Gasteiger partial charge on any atom is 0.337 e. The first kappa shape index (κ1) is 20.8. The predicted molar refractivity (Wildman–Crippen MR) is 115 cm³/mol. The number of nitrogens with one attached hydrogen (secondary N) is 1. The Hall–Kier alpha value is -2.89. The molecule has 0 bridgehead atoms. The third kappa shape index (κ3) is 5.13. The largest absolute Gasteiger partial charge is 0.493 e. The summed E-state index contributed by atoms with van der Waals surface area (Å²) in [5.74, 6) is 0.109. The number of carbonyl (C=O) groups is 1.